The van der Waals surface area contributed by atoms with E-state index in [4.69, 9.17) is 9.84 Å². The first-order chi connectivity index (χ1) is 9.53. The highest BCUT2D eigenvalue weighted by Crippen LogP contribution is 2.33. The molecule has 0 saturated heterocycles. The molecule has 1 unspecified atom stereocenters. The molecule has 2 N–H and O–H groups in total. The second kappa shape index (κ2) is 6.27. The normalized spacial score (nSPS) is 18.1. The number of carbonyl (C=O) groups excluding carboxylic acids is 1. The Labute approximate surface area is 120 Å². The number of aliphatic hydroxyl groups excluding tert-OH is 1. The van der Waals surface area contributed by atoms with Crippen LogP contribution in [0.25, 0.3) is 0 Å². The zero-order chi connectivity index (χ0) is 14.6. The molecule has 1 amide bonds. The van der Waals surface area contributed by atoms with E-state index in [9.17, 15) is 4.79 Å². The molecule has 0 aliphatic carbocycles. The third kappa shape index (κ3) is 3.51. The van der Waals surface area contributed by atoms with Crippen LogP contribution in [0, 0.1) is 5.41 Å². The summed E-state index contributed by atoms with van der Waals surface area (Å²) in [6, 6.07) is 7.72. The summed E-state index contributed by atoms with van der Waals surface area (Å²) >= 11 is 0. The van der Waals surface area contributed by atoms with Gasteiger partial charge in [-0.3, -0.25) is 4.79 Å². The van der Waals surface area contributed by atoms with Crippen LogP contribution in [0.2, 0.25) is 0 Å². The molecule has 0 saturated carbocycles. The second-order valence-corrected chi connectivity index (χ2v) is 6.08. The van der Waals surface area contributed by atoms with Gasteiger partial charge in [0.25, 0.3) is 0 Å². The lowest BCUT2D eigenvalue weighted by atomic mass is 9.88. The van der Waals surface area contributed by atoms with Crippen LogP contribution in [0.15, 0.2) is 24.3 Å². The molecule has 4 heteroatoms. The summed E-state index contributed by atoms with van der Waals surface area (Å²) in [5.41, 5.74) is 0.881. The molecule has 1 aliphatic rings. The van der Waals surface area contributed by atoms with E-state index in [1.165, 1.54) is 0 Å². The van der Waals surface area contributed by atoms with Crippen molar-refractivity contribution < 1.29 is 14.6 Å². The number of fused-ring (bicyclic) bond motifs is 1. The Hall–Kier alpha value is -1.55. The van der Waals surface area contributed by atoms with E-state index in [1.54, 1.807) is 0 Å². The maximum Gasteiger partial charge on any atom is 0.227 e. The van der Waals surface area contributed by atoms with Crippen molar-refractivity contribution in [3.63, 3.8) is 0 Å². The third-order valence-corrected chi connectivity index (χ3v) is 3.80. The van der Waals surface area contributed by atoms with Crippen LogP contribution in [0.1, 0.15) is 38.2 Å². The van der Waals surface area contributed by atoms with Gasteiger partial charge in [-0.05, 0) is 24.3 Å². The molecular weight excluding hydrogens is 254 g/mol. The standard InChI is InChI=1S/C16H23NO3/c1-16(2,8-9-18)11-17-15(19)13-7-10-20-14-6-4-3-5-12(13)14/h3-6,13,18H,7-11H2,1-2H3,(H,17,19). The van der Waals surface area contributed by atoms with Gasteiger partial charge in [0, 0.05) is 18.7 Å². The van der Waals surface area contributed by atoms with Crippen molar-refractivity contribution in [3.8, 4) is 5.75 Å². The summed E-state index contributed by atoms with van der Waals surface area (Å²) in [5.74, 6) is 0.727. The van der Waals surface area contributed by atoms with Gasteiger partial charge in [0.15, 0.2) is 0 Å². The van der Waals surface area contributed by atoms with E-state index in [0.29, 0.717) is 26.0 Å². The van der Waals surface area contributed by atoms with E-state index in [1.807, 2.05) is 38.1 Å². The fraction of sp³-hybridized carbons (Fsp3) is 0.562. The number of ether oxygens (including phenoxy) is 1. The quantitative estimate of drug-likeness (QED) is 0.866. The van der Waals surface area contributed by atoms with E-state index in [-0.39, 0.29) is 23.8 Å². The second-order valence-electron chi connectivity index (χ2n) is 6.08. The molecule has 1 aromatic rings. The Bertz CT molecular complexity index is 471. The minimum Gasteiger partial charge on any atom is -0.493 e. The van der Waals surface area contributed by atoms with Gasteiger partial charge in [0.05, 0.1) is 12.5 Å². The average Bonchev–Trinajstić information content (AvgIpc) is 2.44. The lowest BCUT2D eigenvalue weighted by Gasteiger charge is -2.28. The smallest absolute Gasteiger partial charge is 0.227 e. The molecule has 2 rings (SSSR count). The minimum absolute atomic E-state index is 0.0479. The molecule has 20 heavy (non-hydrogen) atoms. The van der Waals surface area contributed by atoms with Crippen molar-refractivity contribution >= 4 is 5.91 Å². The first-order valence-corrected chi connectivity index (χ1v) is 7.14. The van der Waals surface area contributed by atoms with Crippen molar-refractivity contribution in [2.24, 2.45) is 5.41 Å². The minimum atomic E-state index is -0.134. The number of hydrogen-bond donors (Lipinski definition) is 2. The Morgan fingerprint density at radius 2 is 2.20 bits per heavy atom. The van der Waals surface area contributed by atoms with Crippen LogP contribution >= 0.6 is 0 Å². The molecule has 4 nitrogen and oxygen atoms in total. The summed E-state index contributed by atoms with van der Waals surface area (Å²) in [7, 11) is 0. The summed E-state index contributed by atoms with van der Waals surface area (Å²) in [6.07, 6.45) is 1.39. The predicted molar refractivity (Wildman–Crippen MR) is 77.8 cm³/mol. The van der Waals surface area contributed by atoms with E-state index < -0.39 is 0 Å². The van der Waals surface area contributed by atoms with Gasteiger partial charge in [-0.2, -0.15) is 0 Å². The number of amides is 1. The van der Waals surface area contributed by atoms with Gasteiger partial charge in [-0.15, -0.1) is 0 Å². The number of aliphatic hydroxyl groups is 1. The fourth-order valence-electron chi connectivity index (χ4n) is 2.46. The molecule has 1 heterocycles. The number of carbonyl (C=O) groups is 1. The van der Waals surface area contributed by atoms with Gasteiger partial charge in [-0.1, -0.05) is 32.0 Å². The maximum absolute atomic E-state index is 12.4. The number of rotatable bonds is 5. The molecule has 0 radical (unpaired) electrons. The van der Waals surface area contributed by atoms with Crippen LogP contribution in [0.5, 0.6) is 5.75 Å². The molecule has 1 aliphatic heterocycles. The molecule has 0 fully saturated rings. The van der Waals surface area contributed by atoms with Crippen LogP contribution < -0.4 is 10.1 Å². The lowest BCUT2D eigenvalue weighted by molar-refractivity contribution is -0.123. The van der Waals surface area contributed by atoms with Gasteiger partial charge in [-0.25, -0.2) is 0 Å². The number of nitrogens with one attached hydrogen (secondary N) is 1. The van der Waals surface area contributed by atoms with Gasteiger partial charge < -0.3 is 15.2 Å². The van der Waals surface area contributed by atoms with Crippen LogP contribution in [0.3, 0.4) is 0 Å². The summed E-state index contributed by atoms with van der Waals surface area (Å²) in [4.78, 5) is 12.4. The zero-order valence-electron chi connectivity index (χ0n) is 12.2. The highest BCUT2D eigenvalue weighted by atomic mass is 16.5. The number of para-hydroxylation sites is 1. The van der Waals surface area contributed by atoms with Crippen LogP contribution in [-0.2, 0) is 4.79 Å². The third-order valence-electron chi connectivity index (χ3n) is 3.80. The first-order valence-electron chi connectivity index (χ1n) is 7.14. The largest absolute Gasteiger partial charge is 0.493 e. The maximum atomic E-state index is 12.4. The van der Waals surface area contributed by atoms with Crippen molar-refractivity contribution in [2.75, 3.05) is 19.8 Å². The Morgan fingerprint density at radius 1 is 1.45 bits per heavy atom. The SMILES string of the molecule is CC(C)(CCO)CNC(=O)C1CCOc2ccccc21. The van der Waals surface area contributed by atoms with Gasteiger partial charge in [0.2, 0.25) is 5.91 Å². The molecule has 110 valence electrons. The molecular formula is C16H23NO3. The zero-order valence-corrected chi connectivity index (χ0v) is 12.2. The molecule has 1 aromatic carbocycles. The van der Waals surface area contributed by atoms with Crippen molar-refractivity contribution in [1.82, 2.24) is 5.32 Å². The van der Waals surface area contributed by atoms with Crippen molar-refractivity contribution in [1.29, 1.82) is 0 Å². The van der Waals surface area contributed by atoms with Crippen molar-refractivity contribution in [3.05, 3.63) is 29.8 Å². The van der Waals surface area contributed by atoms with Gasteiger partial charge >= 0.3 is 0 Å². The Morgan fingerprint density at radius 3 is 2.95 bits per heavy atom. The van der Waals surface area contributed by atoms with Gasteiger partial charge in [0.1, 0.15) is 5.75 Å². The van der Waals surface area contributed by atoms with E-state index in [0.717, 1.165) is 11.3 Å². The van der Waals surface area contributed by atoms with Crippen molar-refractivity contribution in [2.45, 2.75) is 32.6 Å². The summed E-state index contributed by atoms with van der Waals surface area (Å²) < 4.78 is 5.57. The lowest BCUT2D eigenvalue weighted by Crippen LogP contribution is -2.38. The summed E-state index contributed by atoms with van der Waals surface area (Å²) in [5, 5.41) is 12.0. The molecule has 0 bridgehead atoms. The first kappa shape index (κ1) is 14.9. The number of hydrogen-bond acceptors (Lipinski definition) is 3. The van der Waals surface area contributed by atoms with E-state index in [2.05, 4.69) is 5.32 Å². The Kier molecular flexibility index (Phi) is 4.65. The van der Waals surface area contributed by atoms with E-state index >= 15 is 0 Å². The fourth-order valence-corrected chi connectivity index (χ4v) is 2.46. The number of benzene rings is 1. The monoisotopic (exact) mass is 277 g/mol. The molecule has 1 atom stereocenters. The molecule has 0 aromatic heterocycles. The summed E-state index contributed by atoms with van der Waals surface area (Å²) in [6.45, 7) is 5.38. The van der Waals surface area contributed by atoms with Crippen LogP contribution in [-0.4, -0.2) is 30.8 Å². The average molecular weight is 277 g/mol. The molecule has 0 spiro atoms. The predicted octanol–water partition coefficient (Wildman–Crippen LogP) is 2.08. The highest BCUT2D eigenvalue weighted by Gasteiger charge is 2.28. The highest BCUT2D eigenvalue weighted by molar-refractivity contribution is 5.84. The topological polar surface area (TPSA) is 58.6 Å². The van der Waals surface area contributed by atoms with Crippen LogP contribution in [0.4, 0.5) is 0 Å². The Balaban J connectivity index is 2.01.